The molecule has 280 valence electrons. The van der Waals surface area contributed by atoms with Crippen LogP contribution in [0.5, 0.6) is 5.75 Å². The predicted molar refractivity (Wildman–Crippen MR) is 205 cm³/mol. The average molecular weight is 740 g/mol. The van der Waals surface area contributed by atoms with Gasteiger partial charge < -0.3 is 19.3 Å². The van der Waals surface area contributed by atoms with Gasteiger partial charge in [0.05, 0.1) is 47.7 Å². The third-order valence-electron chi connectivity index (χ3n) is 12.1. The number of carbonyl (C=O) groups is 2. The van der Waals surface area contributed by atoms with E-state index in [1.165, 1.54) is 12.0 Å². The van der Waals surface area contributed by atoms with Crippen molar-refractivity contribution in [3.63, 3.8) is 0 Å². The van der Waals surface area contributed by atoms with E-state index in [0.717, 1.165) is 71.8 Å². The molecule has 53 heavy (non-hydrogen) atoms. The first kappa shape index (κ1) is 35.6. The minimum absolute atomic E-state index is 0.0282. The molecule has 1 saturated carbocycles. The first-order valence-corrected chi connectivity index (χ1v) is 20.5. The van der Waals surface area contributed by atoms with E-state index < -0.39 is 26.8 Å². The molecule has 5 heterocycles. The maximum atomic E-state index is 14.6. The van der Waals surface area contributed by atoms with Gasteiger partial charge in [0.25, 0.3) is 11.8 Å². The normalized spacial score (nSPS) is 23.1. The second kappa shape index (κ2) is 13.2. The summed E-state index contributed by atoms with van der Waals surface area (Å²) in [6.45, 7) is 5.34. The molecule has 3 aliphatic heterocycles. The van der Waals surface area contributed by atoms with Crippen LogP contribution in [0.4, 0.5) is 0 Å². The number of carbonyl (C=O) groups excluding carboxylic acids is 2. The van der Waals surface area contributed by atoms with Gasteiger partial charge in [-0.05, 0) is 118 Å². The Labute approximate surface area is 311 Å². The molecule has 2 amide bonds. The monoisotopic (exact) mass is 739 g/mol. The standard InChI is InChI=1S/C41H49N5O6S/c1-24(2)53(50,51)43-39(47)26-11-15-33-35(19-26)45-23-28(17-27-18-31(52-5)14-16-32(27)38(45)36(33)25-9-7-6-8-10-25)37-34(22-42-44(37)4)40(48)46-29-12-13-30(46)21-41(3,49)20-29/h11,14-19,22,24-25,29-30,49H,6-10,12-13,20-21,23H2,1-5H3,(H,43,47)/t29-,30?,41?/m0/s1. The molecule has 2 bridgehead atoms. The van der Waals surface area contributed by atoms with Gasteiger partial charge in [-0.1, -0.05) is 25.3 Å². The van der Waals surface area contributed by atoms with Crippen LogP contribution in [0.1, 0.15) is 122 Å². The fourth-order valence-electron chi connectivity index (χ4n) is 9.54. The Bertz CT molecular complexity index is 2260. The average Bonchev–Trinajstić information content (AvgIpc) is 3.72. The number of piperidine rings is 1. The molecule has 3 atom stereocenters. The third-order valence-corrected chi connectivity index (χ3v) is 13.8. The van der Waals surface area contributed by atoms with E-state index in [2.05, 4.69) is 26.5 Å². The minimum Gasteiger partial charge on any atom is -0.497 e. The van der Waals surface area contributed by atoms with Crippen LogP contribution in [-0.2, 0) is 23.6 Å². The second-order valence-corrected chi connectivity index (χ2v) is 18.3. The number of sulfonamides is 1. The Morgan fingerprint density at radius 3 is 2.40 bits per heavy atom. The summed E-state index contributed by atoms with van der Waals surface area (Å²) in [6, 6.07) is 11.6. The quantitative estimate of drug-likeness (QED) is 0.217. The highest BCUT2D eigenvalue weighted by molar-refractivity contribution is 7.90. The minimum atomic E-state index is -3.84. The van der Waals surface area contributed by atoms with Gasteiger partial charge in [0.1, 0.15) is 5.75 Å². The van der Waals surface area contributed by atoms with Crippen molar-refractivity contribution >= 4 is 44.4 Å². The summed E-state index contributed by atoms with van der Waals surface area (Å²) < 4.78 is 37.5. The van der Waals surface area contributed by atoms with Gasteiger partial charge in [-0.15, -0.1) is 0 Å². The lowest BCUT2D eigenvalue weighted by Crippen LogP contribution is -2.52. The number of hydrogen-bond acceptors (Lipinski definition) is 7. The number of methoxy groups -OCH3 is 1. The molecule has 1 aliphatic carbocycles. The second-order valence-electron chi connectivity index (χ2n) is 16.1. The molecule has 4 aliphatic rings. The summed E-state index contributed by atoms with van der Waals surface area (Å²) in [5, 5.41) is 15.9. The number of allylic oxidation sites excluding steroid dienone is 1. The van der Waals surface area contributed by atoms with Crippen LogP contribution >= 0.6 is 0 Å². The zero-order valence-corrected chi connectivity index (χ0v) is 32.0. The highest BCUT2D eigenvalue weighted by atomic mass is 32.2. The van der Waals surface area contributed by atoms with Gasteiger partial charge >= 0.3 is 0 Å². The highest BCUT2D eigenvalue weighted by Crippen LogP contribution is 2.48. The Morgan fingerprint density at radius 2 is 1.72 bits per heavy atom. The Morgan fingerprint density at radius 1 is 1.00 bits per heavy atom. The molecule has 2 saturated heterocycles. The van der Waals surface area contributed by atoms with Gasteiger partial charge in [0, 0.05) is 41.2 Å². The van der Waals surface area contributed by atoms with Gasteiger partial charge in [0.15, 0.2) is 0 Å². The van der Waals surface area contributed by atoms with Gasteiger partial charge in [-0.25, -0.2) is 13.1 Å². The highest BCUT2D eigenvalue weighted by Gasteiger charge is 2.48. The number of fused-ring (bicyclic) bond motifs is 7. The Balaban J connectivity index is 1.31. The number of benzene rings is 2. The number of nitrogens with one attached hydrogen (secondary N) is 1. The third kappa shape index (κ3) is 6.17. The number of amides is 2. The first-order chi connectivity index (χ1) is 25.3. The Hall–Kier alpha value is -4.42. The molecular formula is C41H49N5O6S. The molecule has 3 fully saturated rings. The van der Waals surface area contributed by atoms with Crippen LogP contribution in [-0.4, -0.2) is 74.6 Å². The fraction of sp³-hybridized carbons (Fsp3) is 0.488. The maximum absolute atomic E-state index is 14.6. The summed E-state index contributed by atoms with van der Waals surface area (Å²) in [6.07, 6.45) is 12.2. The van der Waals surface area contributed by atoms with Crippen LogP contribution in [0.25, 0.3) is 33.8 Å². The lowest BCUT2D eigenvalue weighted by molar-refractivity contribution is -0.0300. The number of aliphatic hydroxyl groups is 1. The molecule has 0 radical (unpaired) electrons. The van der Waals surface area contributed by atoms with Crippen LogP contribution in [0, 0.1) is 0 Å². The van der Waals surface area contributed by atoms with Crippen molar-refractivity contribution in [3.05, 3.63) is 70.5 Å². The van der Waals surface area contributed by atoms with E-state index in [1.807, 2.05) is 43.1 Å². The summed E-state index contributed by atoms with van der Waals surface area (Å²) in [5.74, 6) is 0.282. The SMILES string of the molecule is COc1ccc2c(c1)C=C(c1c(C(=O)N3C4CC[C@H]3CC(C)(O)C4)cnn1C)Cn1c-2c(C2CCCCC2)c2ccc(C(=O)NS(=O)(=O)C(C)C)cc21. The van der Waals surface area contributed by atoms with Crippen molar-refractivity contribution in [2.75, 3.05) is 7.11 Å². The molecule has 0 spiro atoms. The van der Waals surface area contributed by atoms with Crippen LogP contribution in [0.15, 0.2) is 42.6 Å². The number of aromatic nitrogens is 3. The van der Waals surface area contributed by atoms with E-state index in [1.54, 1.807) is 37.9 Å². The van der Waals surface area contributed by atoms with Gasteiger partial charge in [0.2, 0.25) is 10.0 Å². The molecule has 12 heteroatoms. The van der Waals surface area contributed by atoms with Crippen molar-refractivity contribution in [2.24, 2.45) is 7.05 Å². The first-order valence-electron chi connectivity index (χ1n) is 18.9. The van der Waals surface area contributed by atoms with Crippen molar-refractivity contribution in [3.8, 4) is 17.0 Å². The zero-order valence-electron chi connectivity index (χ0n) is 31.2. The topological polar surface area (TPSA) is 136 Å². The van der Waals surface area contributed by atoms with Gasteiger partial charge in [-0.3, -0.25) is 14.3 Å². The van der Waals surface area contributed by atoms with Crippen molar-refractivity contribution in [1.82, 2.24) is 24.0 Å². The number of ether oxygens (including phenoxy) is 1. The van der Waals surface area contributed by atoms with Crippen LogP contribution < -0.4 is 9.46 Å². The molecule has 2 aromatic carbocycles. The molecule has 2 N–H and O–H groups in total. The van der Waals surface area contributed by atoms with Crippen LogP contribution in [0.2, 0.25) is 0 Å². The summed E-state index contributed by atoms with van der Waals surface area (Å²) in [7, 11) is -0.328. The molecule has 2 aromatic heterocycles. The Kier molecular flexibility index (Phi) is 8.84. The van der Waals surface area contributed by atoms with Crippen LogP contribution in [0.3, 0.4) is 0 Å². The lowest BCUT2D eigenvalue weighted by Gasteiger charge is -2.42. The van der Waals surface area contributed by atoms with E-state index in [9.17, 15) is 23.1 Å². The maximum Gasteiger partial charge on any atom is 0.264 e. The molecular weight excluding hydrogens is 691 g/mol. The number of aryl methyl sites for hydroxylation is 1. The van der Waals surface area contributed by atoms with E-state index in [-0.39, 0.29) is 23.6 Å². The fourth-order valence-corrected chi connectivity index (χ4v) is 10.2. The van der Waals surface area contributed by atoms with Gasteiger partial charge in [-0.2, -0.15) is 5.10 Å². The largest absolute Gasteiger partial charge is 0.497 e. The van der Waals surface area contributed by atoms with E-state index >= 15 is 0 Å². The van der Waals surface area contributed by atoms with Crippen molar-refractivity contribution in [1.29, 1.82) is 0 Å². The summed E-state index contributed by atoms with van der Waals surface area (Å²) in [5.41, 5.74) is 6.69. The molecule has 11 nitrogen and oxygen atoms in total. The predicted octanol–water partition coefficient (Wildman–Crippen LogP) is 6.64. The van der Waals surface area contributed by atoms with Crippen molar-refractivity contribution < 1.29 is 27.9 Å². The van der Waals surface area contributed by atoms with E-state index in [4.69, 9.17) is 4.74 Å². The smallest absolute Gasteiger partial charge is 0.264 e. The summed E-state index contributed by atoms with van der Waals surface area (Å²) in [4.78, 5) is 30.1. The number of rotatable bonds is 7. The summed E-state index contributed by atoms with van der Waals surface area (Å²) >= 11 is 0. The number of hydrogen-bond donors (Lipinski definition) is 2. The molecule has 4 aromatic rings. The van der Waals surface area contributed by atoms with E-state index in [0.29, 0.717) is 42.3 Å². The molecule has 2 unspecified atom stereocenters. The number of nitrogens with zero attached hydrogens (tertiary/aromatic N) is 4. The zero-order chi connectivity index (χ0) is 37.4. The lowest BCUT2D eigenvalue weighted by atomic mass is 9.81. The molecule has 8 rings (SSSR count). The van der Waals surface area contributed by atoms with Crippen molar-refractivity contribution in [2.45, 2.75) is 114 Å².